The van der Waals surface area contributed by atoms with Gasteiger partial charge in [-0.1, -0.05) is 152 Å². The molecule has 0 bridgehead atoms. The van der Waals surface area contributed by atoms with Crippen molar-refractivity contribution in [3.05, 3.63) is 48.6 Å². The topological polar surface area (TPSA) is 21.7 Å². The minimum Gasteiger partial charge on any atom is -0.344 e. The standard InChI is InChI=1S/C49H87NO2/c1-5-7-9-11-13-15-17-19-21-23-25-27-29-31-33-35-39-48(40-36-34-32-30-28-26-24-22-20-18-16-14-12-10-8-6-2)41-42-49(44-48)51-46-38-37-45(50(3)4)43-47(46)52-49/h13-16,19-22,45-47H,5-12,17-18,23-44H2,1-4H3/b15-13-,16-14-,21-19-,22-20-/t45?,46-,47-,49?/m1/s1. The highest BCUT2D eigenvalue weighted by Crippen LogP contribution is 2.56. The lowest BCUT2D eigenvalue weighted by atomic mass is 9.76. The number of unbranched alkanes of at least 4 members (excludes halogenated alkanes) is 18. The molecule has 300 valence electrons. The predicted octanol–water partition coefficient (Wildman–Crippen LogP) is 15.2. The summed E-state index contributed by atoms with van der Waals surface area (Å²) in [6, 6.07) is 0.641. The second kappa shape index (κ2) is 28.3. The summed E-state index contributed by atoms with van der Waals surface area (Å²) in [4.78, 5) is 2.40. The van der Waals surface area contributed by atoms with E-state index in [9.17, 15) is 0 Å². The van der Waals surface area contributed by atoms with Crippen LogP contribution in [-0.2, 0) is 9.47 Å². The van der Waals surface area contributed by atoms with Crippen molar-refractivity contribution >= 4 is 0 Å². The molecule has 1 aliphatic heterocycles. The van der Waals surface area contributed by atoms with E-state index in [0.29, 0.717) is 23.7 Å². The normalized spacial score (nSPS) is 24.7. The zero-order valence-electron chi connectivity index (χ0n) is 35.2. The lowest BCUT2D eigenvalue weighted by Crippen LogP contribution is -2.40. The van der Waals surface area contributed by atoms with Crippen molar-refractivity contribution in [2.45, 2.75) is 243 Å². The third-order valence-corrected chi connectivity index (χ3v) is 12.7. The van der Waals surface area contributed by atoms with E-state index in [1.807, 2.05) is 0 Å². The van der Waals surface area contributed by atoms with E-state index in [0.717, 1.165) is 32.1 Å². The highest BCUT2D eigenvalue weighted by molar-refractivity contribution is 5.01. The summed E-state index contributed by atoms with van der Waals surface area (Å²) in [6.07, 6.45) is 61.4. The van der Waals surface area contributed by atoms with Crippen molar-refractivity contribution in [1.82, 2.24) is 4.90 Å². The van der Waals surface area contributed by atoms with Gasteiger partial charge < -0.3 is 14.4 Å². The van der Waals surface area contributed by atoms with Crippen molar-refractivity contribution < 1.29 is 9.47 Å². The second-order valence-corrected chi connectivity index (χ2v) is 17.5. The molecule has 2 saturated carbocycles. The molecule has 1 spiro atoms. The van der Waals surface area contributed by atoms with Crippen molar-refractivity contribution in [2.24, 2.45) is 5.41 Å². The zero-order chi connectivity index (χ0) is 37.0. The molecule has 0 aromatic rings. The van der Waals surface area contributed by atoms with Gasteiger partial charge in [-0.2, -0.15) is 0 Å². The molecule has 2 unspecified atom stereocenters. The average Bonchev–Trinajstić information content (AvgIpc) is 3.69. The largest absolute Gasteiger partial charge is 0.344 e. The molecule has 0 aromatic carbocycles. The van der Waals surface area contributed by atoms with E-state index in [1.165, 1.54) is 173 Å². The second-order valence-electron chi connectivity index (χ2n) is 17.5. The van der Waals surface area contributed by atoms with E-state index < -0.39 is 0 Å². The summed E-state index contributed by atoms with van der Waals surface area (Å²) in [6.45, 7) is 4.55. The molecule has 1 heterocycles. The van der Waals surface area contributed by atoms with Crippen LogP contribution >= 0.6 is 0 Å². The molecule has 3 nitrogen and oxygen atoms in total. The number of hydrogen-bond acceptors (Lipinski definition) is 3. The molecular formula is C49H87NO2. The van der Waals surface area contributed by atoms with Gasteiger partial charge in [-0.05, 0) is 122 Å². The first kappa shape index (κ1) is 45.2. The van der Waals surface area contributed by atoms with Crippen molar-refractivity contribution in [3.8, 4) is 0 Å². The molecule has 3 aliphatic rings. The number of hydrogen-bond donors (Lipinski definition) is 0. The highest BCUT2D eigenvalue weighted by atomic mass is 16.8. The third-order valence-electron chi connectivity index (χ3n) is 12.7. The van der Waals surface area contributed by atoms with Crippen LogP contribution in [0.5, 0.6) is 0 Å². The predicted molar refractivity (Wildman–Crippen MR) is 228 cm³/mol. The number of ether oxygens (including phenoxy) is 2. The maximum Gasteiger partial charge on any atom is 0.169 e. The van der Waals surface area contributed by atoms with Crippen LogP contribution in [0.3, 0.4) is 0 Å². The van der Waals surface area contributed by atoms with Gasteiger partial charge in [-0.15, -0.1) is 0 Å². The molecule has 3 heteroatoms. The number of rotatable bonds is 31. The summed E-state index contributed by atoms with van der Waals surface area (Å²) in [5.41, 5.74) is 0.429. The minimum atomic E-state index is -0.284. The Morgan fingerprint density at radius 2 is 0.942 bits per heavy atom. The van der Waals surface area contributed by atoms with E-state index in [-0.39, 0.29) is 5.79 Å². The smallest absolute Gasteiger partial charge is 0.169 e. The number of fused-ring (bicyclic) bond motifs is 1. The van der Waals surface area contributed by atoms with Gasteiger partial charge in [0.15, 0.2) is 5.79 Å². The van der Waals surface area contributed by atoms with Crippen LogP contribution in [0.4, 0.5) is 0 Å². The Labute approximate surface area is 324 Å². The number of nitrogens with zero attached hydrogens (tertiary/aromatic N) is 1. The summed E-state index contributed by atoms with van der Waals surface area (Å²) < 4.78 is 13.9. The lowest BCUT2D eigenvalue weighted by molar-refractivity contribution is -0.175. The minimum absolute atomic E-state index is 0.284. The van der Waals surface area contributed by atoms with Crippen LogP contribution in [0.15, 0.2) is 48.6 Å². The fourth-order valence-corrected chi connectivity index (χ4v) is 9.32. The maximum absolute atomic E-state index is 6.95. The Balaban J connectivity index is 1.32. The Bertz CT molecular complexity index is 932. The summed E-state index contributed by atoms with van der Waals surface area (Å²) in [5.74, 6) is -0.284. The van der Waals surface area contributed by atoms with Crippen LogP contribution in [-0.4, -0.2) is 43.0 Å². The number of allylic oxidation sites excluding steroid dienone is 8. The molecule has 1 saturated heterocycles. The van der Waals surface area contributed by atoms with Gasteiger partial charge >= 0.3 is 0 Å². The maximum atomic E-state index is 6.95. The Kier molecular flexibility index (Phi) is 24.6. The van der Waals surface area contributed by atoms with Crippen LogP contribution in [0.1, 0.15) is 219 Å². The highest BCUT2D eigenvalue weighted by Gasteiger charge is 2.56. The Hall–Kier alpha value is -1.16. The van der Waals surface area contributed by atoms with Gasteiger partial charge in [0, 0.05) is 18.9 Å². The van der Waals surface area contributed by atoms with Crippen molar-refractivity contribution in [1.29, 1.82) is 0 Å². The third kappa shape index (κ3) is 18.9. The molecule has 0 amide bonds. The summed E-state index contributed by atoms with van der Waals surface area (Å²) >= 11 is 0. The van der Waals surface area contributed by atoms with E-state index in [4.69, 9.17) is 9.47 Å². The van der Waals surface area contributed by atoms with Crippen LogP contribution < -0.4 is 0 Å². The van der Waals surface area contributed by atoms with Gasteiger partial charge in [0.05, 0.1) is 12.2 Å². The fraction of sp³-hybridized carbons (Fsp3) is 0.837. The van der Waals surface area contributed by atoms with Gasteiger partial charge in [-0.25, -0.2) is 0 Å². The monoisotopic (exact) mass is 722 g/mol. The molecule has 0 radical (unpaired) electrons. The van der Waals surface area contributed by atoms with E-state index in [2.05, 4.69) is 81.5 Å². The Morgan fingerprint density at radius 1 is 0.500 bits per heavy atom. The molecule has 3 rings (SSSR count). The molecular weight excluding hydrogens is 635 g/mol. The van der Waals surface area contributed by atoms with Gasteiger partial charge in [-0.3, -0.25) is 0 Å². The molecule has 52 heavy (non-hydrogen) atoms. The first-order valence-electron chi connectivity index (χ1n) is 23.1. The van der Waals surface area contributed by atoms with Gasteiger partial charge in [0.2, 0.25) is 0 Å². The summed E-state index contributed by atoms with van der Waals surface area (Å²) in [7, 11) is 4.47. The van der Waals surface area contributed by atoms with E-state index >= 15 is 0 Å². The van der Waals surface area contributed by atoms with Crippen LogP contribution in [0.25, 0.3) is 0 Å². The molecule has 0 aromatic heterocycles. The van der Waals surface area contributed by atoms with Crippen LogP contribution in [0.2, 0.25) is 0 Å². The molecule has 2 aliphatic carbocycles. The molecule has 4 atom stereocenters. The average molecular weight is 722 g/mol. The fourth-order valence-electron chi connectivity index (χ4n) is 9.32. The Morgan fingerprint density at radius 3 is 1.42 bits per heavy atom. The van der Waals surface area contributed by atoms with Gasteiger partial charge in [0.1, 0.15) is 0 Å². The lowest BCUT2D eigenvalue weighted by Gasteiger charge is -2.33. The van der Waals surface area contributed by atoms with Crippen molar-refractivity contribution in [3.63, 3.8) is 0 Å². The van der Waals surface area contributed by atoms with Gasteiger partial charge in [0.25, 0.3) is 0 Å². The van der Waals surface area contributed by atoms with E-state index in [1.54, 1.807) is 0 Å². The first-order chi connectivity index (χ1) is 25.5. The van der Waals surface area contributed by atoms with Crippen molar-refractivity contribution in [2.75, 3.05) is 14.1 Å². The molecule has 3 fully saturated rings. The summed E-state index contributed by atoms with van der Waals surface area (Å²) in [5, 5.41) is 0. The first-order valence-corrected chi connectivity index (χ1v) is 23.1. The SMILES string of the molecule is CCCCC/C=C\C/C=C\CCCCCCCCC1(CCCCCCCC/C=C\C/C=C\CCCCC)CCC2(C1)O[C@@H]1CCC(N(C)C)C[C@H]1O2. The zero-order valence-corrected chi connectivity index (χ0v) is 35.2. The quantitative estimate of drug-likeness (QED) is 0.0525. The van der Waals surface area contributed by atoms with Crippen LogP contribution in [0, 0.1) is 5.41 Å². The molecule has 0 N–H and O–H groups in total.